The van der Waals surface area contributed by atoms with E-state index in [-0.39, 0.29) is 0 Å². The summed E-state index contributed by atoms with van der Waals surface area (Å²) in [4.78, 5) is 2.32. The fraction of sp³-hybridized carbons (Fsp3) is 0. The average molecular weight is 599 g/mol. The SMILES string of the molecule is c1ccc(N(c2ccc3cc4c5cccc6c7cc8ccccc8cc7n(c4cc3c2)c65)c2cccc3c2oc2ccccc23)cc1. The maximum Gasteiger partial charge on any atom is 0.159 e. The number of fused-ring (bicyclic) bond motifs is 11. The third kappa shape index (κ3) is 3.40. The molecule has 0 saturated heterocycles. The number of anilines is 3. The minimum atomic E-state index is 0.885. The molecule has 11 aromatic rings. The van der Waals surface area contributed by atoms with E-state index in [0.717, 1.165) is 39.0 Å². The highest BCUT2D eigenvalue weighted by molar-refractivity contribution is 6.26. The Morgan fingerprint density at radius 2 is 1.02 bits per heavy atom. The van der Waals surface area contributed by atoms with E-state index in [1.165, 1.54) is 59.6 Å². The molecule has 0 radical (unpaired) electrons. The highest BCUT2D eigenvalue weighted by Gasteiger charge is 2.21. The summed E-state index contributed by atoms with van der Waals surface area (Å²) in [5, 5.41) is 12.4. The molecule has 11 rings (SSSR count). The maximum absolute atomic E-state index is 6.54. The van der Waals surface area contributed by atoms with Crippen molar-refractivity contribution < 1.29 is 4.42 Å². The van der Waals surface area contributed by atoms with Crippen LogP contribution in [0.5, 0.6) is 0 Å². The second kappa shape index (κ2) is 9.12. The molecule has 0 unspecified atom stereocenters. The van der Waals surface area contributed by atoms with Gasteiger partial charge in [-0.25, -0.2) is 0 Å². The van der Waals surface area contributed by atoms with Crippen LogP contribution in [0.3, 0.4) is 0 Å². The Balaban J connectivity index is 1.19. The largest absolute Gasteiger partial charge is 0.454 e. The van der Waals surface area contributed by atoms with Gasteiger partial charge in [-0.1, -0.05) is 97.1 Å². The van der Waals surface area contributed by atoms with Gasteiger partial charge in [-0.15, -0.1) is 0 Å². The fourth-order valence-electron chi connectivity index (χ4n) is 7.94. The number of hydrogen-bond acceptors (Lipinski definition) is 2. The lowest BCUT2D eigenvalue weighted by atomic mass is 10.0. The van der Waals surface area contributed by atoms with E-state index in [4.69, 9.17) is 4.42 Å². The standard InChI is InChI=1S/C44H26N2O/c1-2-12-31(13-3-1)45(39-18-9-17-36-33-14-6-7-19-42(33)47-44(36)39)32-21-20-29-24-38-35-16-8-15-34-37-23-27-10-4-5-11-28(27)25-40(37)46(43(34)35)41(38)26-30(29)22-32/h1-26H. The number of benzene rings is 8. The van der Waals surface area contributed by atoms with Crippen LogP contribution in [0.15, 0.2) is 162 Å². The van der Waals surface area contributed by atoms with Gasteiger partial charge in [0.1, 0.15) is 5.58 Å². The molecule has 3 heterocycles. The first-order valence-corrected chi connectivity index (χ1v) is 16.1. The van der Waals surface area contributed by atoms with Gasteiger partial charge >= 0.3 is 0 Å². The Kier molecular flexibility index (Phi) is 4.84. The lowest BCUT2D eigenvalue weighted by molar-refractivity contribution is 0.669. The highest BCUT2D eigenvalue weighted by Crippen LogP contribution is 2.45. The Bertz CT molecular complexity index is 3020. The van der Waals surface area contributed by atoms with E-state index < -0.39 is 0 Å². The van der Waals surface area contributed by atoms with Crippen molar-refractivity contribution in [2.45, 2.75) is 0 Å². The van der Waals surface area contributed by atoms with Crippen LogP contribution in [0.25, 0.3) is 81.6 Å². The van der Waals surface area contributed by atoms with Crippen molar-refractivity contribution in [2.24, 2.45) is 0 Å². The van der Waals surface area contributed by atoms with Gasteiger partial charge in [0.15, 0.2) is 5.58 Å². The molecule has 0 aliphatic heterocycles. The van der Waals surface area contributed by atoms with E-state index in [1.807, 2.05) is 12.1 Å². The molecular formula is C44H26N2O. The number of aromatic nitrogens is 1. The summed E-state index contributed by atoms with van der Waals surface area (Å²) in [5.41, 5.74) is 8.75. The molecule has 0 spiro atoms. The van der Waals surface area contributed by atoms with Crippen LogP contribution < -0.4 is 4.90 Å². The quantitative estimate of drug-likeness (QED) is 0.202. The average Bonchev–Trinajstić information content (AvgIpc) is 3.77. The normalized spacial score (nSPS) is 12.3. The molecule has 3 heteroatoms. The second-order valence-electron chi connectivity index (χ2n) is 12.6. The molecular weight excluding hydrogens is 572 g/mol. The molecule has 0 aliphatic rings. The molecule has 0 atom stereocenters. The summed E-state index contributed by atoms with van der Waals surface area (Å²) >= 11 is 0. The summed E-state index contributed by atoms with van der Waals surface area (Å²) in [6, 6.07) is 57.0. The number of rotatable bonds is 3. The van der Waals surface area contributed by atoms with Crippen LogP contribution in [0.4, 0.5) is 17.1 Å². The summed E-state index contributed by atoms with van der Waals surface area (Å²) in [6.07, 6.45) is 0. The number of nitrogens with zero attached hydrogens (tertiary/aromatic N) is 2. The van der Waals surface area contributed by atoms with Crippen LogP contribution in [0, 0.1) is 0 Å². The van der Waals surface area contributed by atoms with Gasteiger partial charge in [-0.3, -0.25) is 0 Å². The van der Waals surface area contributed by atoms with Crippen molar-refractivity contribution in [3.8, 4) is 0 Å². The van der Waals surface area contributed by atoms with Crippen LogP contribution in [-0.4, -0.2) is 4.40 Å². The number of para-hydroxylation sites is 4. The predicted octanol–water partition coefficient (Wildman–Crippen LogP) is 12.5. The van der Waals surface area contributed by atoms with Gasteiger partial charge in [-0.05, 0) is 82.2 Å². The van der Waals surface area contributed by atoms with Crippen molar-refractivity contribution in [2.75, 3.05) is 4.90 Å². The zero-order valence-electron chi connectivity index (χ0n) is 25.3. The molecule has 3 nitrogen and oxygen atoms in total. The van der Waals surface area contributed by atoms with Crippen molar-refractivity contribution in [1.82, 2.24) is 4.40 Å². The fourth-order valence-corrected chi connectivity index (χ4v) is 7.94. The van der Waals surface area contributed by atoms with Crippen molar-refractivity contribution in [3.63, 3.8) is 0 Å². The molecule has 0 saturated carbocycles. The van der Waals surface area contributed by atoms with E-state index in [9.17, 15) is 0 Å². The lowest BCUT2D eigenvalue weighted by Gasteiger charge is -2.25. The third-order valence-electron chi connectivity index (χ3n) is 10.0. The Morgan fingerprint density at radius 1 is 0.404 bits per heavy atom. The van der Waals surface area contributed by atoms with E-state index in [2.05, 4.69) is 155 Å². The molecule has 0 fully saturated rings. The van der Waals surface area contributed by atoms with Crippen LogP contribution in [0.2, 0.25) is 0 Å². The van der Waals surface area contributed by atoms with Gasteiger partial charge in [0.25, 0.3) is 0 Å². The topological polar surface area (TPSA) is 20.8 Å². The number of furan rings is 1. The molecule has 3 aromatic heterocycles. The van der Waals surface area contributed by atoms with Gasteiger partial charge in [0, 0.05) is 43.7 Å². The first kappa shape index (κ1) is 24.9. The van der Waals surface area contributed by atoms with Crippen LogP contribution >= 0.6 is 0 Å². The van der Waals surface area contributed by atoms with Gasteiger partial charge in [0.05, 0.1) is 22.2 Å². The van der Waals surface area contributed by atoms with Crippen molar-refractivity contribution in [3.05, 3.63) is 158 Å². The predicted molar refractivity (Wildman–Crippen MR) is 198 cm³/mol. The minimum Gasteiger partial charge on any atom is -0.454 e. The maximum atomic E-state index is 6.54. The highest BCUT2D eigenvalue weighted by atomic mass is 16.3. The molecule has 0 N–H and O–H groups in total. The molecule has 47 heavy (non-hydrogen) atoms. The van der Waals surface area contributed by atoms with Crippen LogP contribution in [-0.2, 0) is 0 Å². The monoisotopic (exact) mass is 598 g/mol. The summed E-state index contributed by atoms with van der Waals surface area (Å²) in [6.45, 7) is 0. The van der Waals surface area contributed by atoms with E-state index >= 15 is 0 Å². The molecule has 0 bridgehead atoms. The second-order valence-corrected chi connectivity index (χ2v) is 12.6. The first-order valence-electron chi connectivity index (χ1n) is 16.1. The summed E-state index contributed by atoms with van der Waals surface area (Å²) < 4.78 is 9.03. The zero-order valence-corrected chi connectivity index (χ0v) is 25.3. The Morgan fingerprint density at radius 3 is 1.83 bits per heavy atom. The lowest BCUT2D eigenvalue weighted by Crippen LogP contribution is -2.10. The van der Waals surface area contributed by atoms with E-state index in [0.29, 0.717) is 0 Å². The van der Waals surface area contributed by atoms with E-state index in [1.54, 1.807) is 0 Å². The first-order chi connectivity index (χ1) is 23.3. The van der Waals surface area contributed by atoms with Crippen LogP contribution in [0.1, 0.15) is 0 Å². The van der Waals surface area contributed by atoms with Gasteiger partial charge in [0.2, 0.25) is 0 Å². The molecule has 218 valence electrons. The minimum absolute atomic E-state index is 0.885. The van der Waals surface area contributed by atoms with Gasteiger partial charge in [-0.2, -0.15) is 0 Å². The van der Waals surface area contributed by atoms with Crippen molar-refractivity contribution in [1.29, 1.82) is 0 Å². The summed E-state index contributed by atoms with van der Waals surface area (Å²) in [7, 11) is 0. The zero-order chi connectivity index (χ0) is 30.6. The third-order valence-corrected chi connectivity index (χ3v) is 10.0. The Hall–Kier alpha value is -6.32. The molecule has 0 aliphatic carbocycles. The molecule has 8 aromatic carbocycles. The summed E-state index contributed by atoms with van der Waals surface area (Å²) in [5.74, 6) is 0. The van der Waals surface area contributed by atoms with Gasteiger partial charge < -0.3 is 13.7 Å². The molecule has 0 amide bonds. The Labute approximate surface area is 269 Å². The number of hydrogen-bond donors (Lipinski definition) is 0. The van der Waals surface area contributed by atoms with Crippen molar-refractivity contribution >= 4 is 98.6 Å². The smallest absolute Gasteiger partial charge is 0.159 e.